The van der Waals surface area contributed by atoms with E-state index in [4.69, 9.17) is 34.2 Å². The summed E-state index contributed by atoms with van der Waals surface area (Å²) in [5, 5.41) is 17.0. The van der Waals surface area contributed by atoms with Crippen molar-refractivity contribution in [2.45, 2.75) is 13.1 Å². The highest BCUT2D eigenvalue weighted by molar-refractivity contribution is 6.35. The Labute approximate surface area is 187 Å². The van der Waals surface area contributed by atoms with E-state index < -0.39 is 5.91 Å². The largest absolute Gasteiger partial charge is 0.365 e. The molecule has 0 unspecified atom stereocenters. The van der Waals surface area contributed by atoms with Crippen molar-refractivity contribution in [3.63, 3.8) is 0 Å². The molecule has 156 valence electrons. The molecular weight excluding hydrogens is 439 g/mol. The lowest BCUT2D eigenvalue weighted by Crippen LogP contribution is -2.41. The van der Waals surface area contributed by atoms with E-state index in [1.807, 2.05) is 6.07 Å². The Morgan fingerprint density at radius 3 is 2.39 bits per heavy atom. The van der Waals surface area contributed by atoms with Crippen LogP contribution in [0.25, 0.3) is 11.3 Å². The van der Waals surface area contributed by atoms with E-state index in [9.17, 15) is 9.59 Å². The number of nitriles is 1. The zero-order chi connectivity index (χ0) is 22.1. The lowest BCUT2D eigenvalue weighted by molar-refractivity contribution is 0.0997. The third-order valence-electron chi connectivity index (χ3n) is 4.91. The van der Waals surface area contributed by atoms with Gasteiger partial charge < -0.3 is 16.0 Å². The topological polar surface area (TPSA) is 117 Å². The van der Waals surface area contributed by atoms with Gasteiger partial charge in [0, 0.05) is 27.8 Å². The van der Waals surface area contributed by atoms with Gasteiger partial charge in [0.1, 0.15) is 5.69 Å². The molecule has 0 fully saturated rings. The van der Waals surface area contributed by atoms with Gasteiger partial charge in [0.05, 0.1) is 36.0 Å². The third-order valence-corrected chi connectivity index (χ3v) is 5.35. The van der Waals surface area contributed by atoms with Crippen molar-refractivity contribution in [2.24, 2.45) is 5.73 Å². The number of urea groups is 1. The van der Waals surface area contributed by atoms with Gasteiger partial charge >= 0.3 is 6.03 Å². The van der Waals surface area contributed by atoms with Crippen molar-refractivity contribution < 1.29 is 9.59 Å². The van der Waals surface area contributed by atoms with Crippen LogP contribution in [0.15, 0.2) is 42.5 Å². The van der Waals surface area contributed by atoms with Crippen LogP contribution in [0.4, 0.5) is 10.5 Å². The lowest BCUT2D eigenvalue weighted by atomic mass is 10.0. The molecule has 0 saturated heterocycles. The average molecular weight is 455 g/mol. The second kappa shape index (κ2) is 8.30. The first-order valence-electron chi connectivity index (χ1n) is 9.27. The van der Waals surface area contributed by atoms with Gasteiger partial charge in [0.2, 0.25) is 0 Å². The van der Waals surface area contributed by atoms with Crippen LogP contribution in [0.1, 0.15) is 21.6 Å². The van der Waals surface area contributed by atoms with Gasteiger partial charge in [-0.15, -0.1) is 0 Å². The zero-order valence-corrected chi connectivity index (χ0v) is 17.6. The Morgan fingerprint density at radius 2 is 1.77 bits per heavy atom. The first-order valence-corrected chi connectivity index (χ1v) is 10.0. The summed E-state index contributed by atoms with van der Waals surface area (Å²) in [6.07, 6.45) is 0. The maximum absolute atomic E-state index is 12.7. The van der Waals surface area contributed by atoms with E-state index in [-0.39, 0.29) is 18.1 Å². The lowest BCUT2D eigenvalue weighted by Gasteiger charge is -2.28. The number of benzene rings is 2. The summed E-state index contributed by atoms with van der Waals surface area (Å²) < 4.78 is 1.68. The molecule has 0 bridgehead atoms. The number of hydrogen-bond acceptors (Lipinski definition) is 4. The molecule has 2 heterocycles. The average Bonchev–Trinajstić information content (AvgIpc) is 3.12. The highest BCUT2D eigenvalue weighted by atomic mass is 35.5. The van der Waals surface area contributed by atoms with Crippen LogP contribution >= 0.6 is 23.2 Å². The molecule has 1 aromatic heterocycles. The smallest absolute Gasteiger partial charge is 0.322 e. The second-order valence-corrected chi connectivity index (χ2v) is 7.83. The van der Waals surface area contributed by atoms with E-state index in [0.29, 0.717) is 51.3 Å². The summed E-state index contributed by atoms with van der Waals surface area (Å²) in [5.74, 6) is -0.651. The molecule has 2 aromatic carbocycles. The number of carbonyl (C=O) groups excluding carboxylic acids is 2. The number of rotatable bonds is 3. The fourth-order valence-electron chi connectivity index (χ4n) is 3.47. The van der Waals surface area contributed by atoms with Gasteiger partial charge in [-0.05, 0) is 42.5 Å². The van der Waals surface area contributed by atoms with Gasteiger partial charge in [-0.1, -0.05) is 23.2 Å². The van der Waals surface area contributed by atoms with E-state index >= 15 is 0 Å². The molecule has 31 heavy (non-hydrogen) atoms. The highest BCUT2D eigenvalue weighted by Gasteiger charge is 2.29. The molecule has 3 aromatic rings. The number of nitrogens with two attached hydrogens (primary N) is 1. The Kier molecular flexibility index (Phi) is 5.55. The quantitative estimate of drug-likeness (QED) is 0.624. The van der Waals surface area contributed by atoms with Crippen molar-refractivity contribution in [3.8, 4) is 17.3 Å². The summed E-state index contributed by atoms with van der Waals surface area (Å²) in [7, 11) is 0. The van der Waals surface area contributed by atoms with Crippen LogP contribution in [0.3, 0.4) is 0 Å². The number of carbonyl (C=O) groups is 2. The normalized spacial score (nSPS) is 12.7. The molecule has 0 atom stereocenters. The molecule has 0 saturated carbocycles. The highest BCUT2D eigenvalue weighted by Crippen LogP contribution is 2.32. The van der Waals surface area contributed by atoms with Gasteiger partial charge in [0.15, 0.2) is 0 Å². The molecule has 4 rings (SSSR count). The third kappa shape index (κ3) is 4.19. The SMILES string of the molecule is N#Cc1ccc(NC(=O)N2CCn3nc(-c4cc(Cl)cc(Cl)c4)c(C(N)=O)c3C2)cc1. The number of fused-ring (bicyclic) bond motifs is 1. The van der Waals surface area contributed by atoms with Crippen molar-refractivity contribution in [1.82, 2.24) is 14.7 Å². The Hall–Kier alpha value is -3.54. The minimum absolute atomic E-state index is 0.154. The molecule has 0 aliphatic carbocycles. The van der Waals surface area contributed by atoms with Crippen LogP contribution in [0.5, 0.6) is 0 Å². The minimum atomic E-state index is -0.651. The summed E-state index contributed by atoms with van der Waals surface area (Å²) in [6, 6.07) is 13.1. The van der Waals surface area contributed by atoms with Crippen molar-refractivity contribution in [2.75, 3.05) is 11.9 Å². The number of anilines is 1. The predicted molar refractivity (Wildman–Crippen MR) is 117 cm³/mol. The number of aromatic nitrogens is 2. The van der Waals surface area contributed by atoms with Crippen molar-refractivity contribution in [3.05, 3.63) is 69.3 Å². The summed E-state index contributed by atoms with van der Waals surface area (Å²) >= 11 is 12.2. The molecule has 1 aliphatic rings. The maximum Gasteiger partial charge on any atom is 0.322 e. The van der Waals surface area contributed by atoms with Crippen molar-refractivity contribution >= 4 is 40.8 Å². The first kappa shape index (κ1) is 20.7. The van der Waals surface area contributed by atoms with Gasteiger partial charge in [-0.2, -0.15) is 10.4 Å². The van der Waals surface area contributed by atoms with Crippen LogP contribution in [0, 0.1) is 11.3 Å². The van der Waals surface area contributed by atoms with E-state index in [1.54, 1.807) is 52.0 Å². The Morgan fingerprint density at radius 1 is 1.10 bits per heavy atom. The number of nitrogens with one attached hydrogen (secondary N) is 1. The van der Waals surface area contributed by atoms with Crippen molar-refractivity contribution in [1.29, 1.82) is 5.26 Å². The van der Waals surface area contributed by atoms with E-state index in [1.165, 1.54) is 0 Å². The predicted octanol–water partition coefficient (Wildman–Crippen LogP) is 3.88. The monoisotopic (exact) mass is 454 g/mol. The minimum Gasteiger partial charge on any atom is -0.365 e. The van der Waals surface area contributed by atoms with Crippen LogP contribution < -0.4 is 11.1 Å². The fourth-order valence-corrected chi connectivity index (χ4v) is 4.00. The summed E-state index contributed by atoms with van der Waals surface area (Å²) in [4.78, 5) is 26.6. The fraction of sp³-hybridized carbons (Fsp3) is 0.143. The number of amides is 3. The van der Waals surface area contributed by atoms with Gasteiger partial charge in [-0.25, -0.2) is 4.79 Å². The Balaban J connectivity index is 1.62. The number of primary amides is 1. The molecule has 3 amide bonds. The summed E-state index contributed by atoms with van der Waals surface area (Å²) in [5.41, 5.74) is 8.45. The summed E-state index contributed by atoms with van der Waals surface area (Å²) in [6.45, 7) is 0.942. The van der Waals surface area contributed by atoms with Crippen LogP contribution in [0.2, 0.25) is 10.0 Å². The molecule has 1 aliphatic heterocycles. The molecule has 0 spiro atoms. The van der Waals surface area contributed by atoms with Crippen LogP contribution in [-0.2, 0) is 13.1 Å². The number of hydrogen-bond donors (Lipinski definition) is 2. The molecule has 3 N–H and O–H groups in total. The Bertz CT molecular complexity index is 1210. The number of halogens is 2. The molecule has 8 nitrogen and oxygen atoms in total. The maximum atomic E-state index is 12.7. The van der Waals surface area contributed by atoms with E-state index in [0.717, 1.165) is 0 Å². The number of nitrogens with zero attached hydrogens (tertiary/aromatic N) is 4. The molecular formula is C21H16Cl2N6O2. The zero-order valence-electron chi connectivity index (χ0n) is 16.1. The van der Waals surface area contributed by atoms with Gasteiger partial charge in [-0.3, -0.25) is 9.48 Å². The molecule has 10 heteroatoms. The van der Waals surface area contributed by atoms with Crippen LogP contribution in [-0.4, -0.2) is 33.2 Å². The second-order valence-electron chi connectivity index (χ2n) is 6.96. The first-order chi connectivity index (χ1) is 14.9. The molecule has 0 radical (unpaired) electrons. The van der Waals surface area contributed by atoms with Gasteiger partial charge in [0.25, 0.3) is 5.91 Å². The standard InChI is InChI=1S/C21H16Cl2N6O2/c22-14-7-13(8-15(23)9-14)19-18(20(25)30)17-11-28(5-6-29(17)27-19)21(31)26-16-3-1-12(10-24)2-4-16/h1-4,7-9H,5-6,11H2,(H2,25,30)(H,26,31). The van der Waals surface area contributed by atoms with E-state index in [2.05, 4.69) is 10.4 Å².